The van der Waals surface area contributed by atoms with Gasteiger partial charge in [0, 0.05) is 11.1 Å². The first-order valence-electron chi connectivity index (χ1n) is 5.47. The SMILES string of the molecule is CC1(NS(=O)(=O)c2ccc(C(N)=O)cc2N)CC1. The van der Waals surface area contributed by atoms with Crippen molar-refractivity contribution >= 4 is 21.6 Å². The fourth-order valence-electron chi connectivity index (χ4n) is 1.62. The van der Waals surface area contributed by atoms with Gasteiger partial charge >= 0.3 is 0 Å². The van der Waals surface area contributed by atoms with Crippen LogP contribution in [0.4, 0.5) is 5.69 Å². The van der Waals surface area contributed by atoms with E-state index in [2.05, 4.69) is 4.72 Å². The highest BCUT2D eigenvalue weighted by Crippen LogP contribution is 2.36. The van der Waals surface area contributed by atoms with Crippen LogP contribution in [0, 0.1) is 0 Å². The number of amides is 1. The molecule has 0 bridgehead atoms. The Morgan fingerprint density at radius 2 is 2.00 bits per heavy atom. The summed E-state index contributed by atoms with van der Waals surface area (Å²) in [4.78, 5) is 10.9. The maximum Gasteiger partial charge on any atom is 0.248 e. The molecule has 1 saturated carbocycles. The van der Waals surface area contributed by atoms with Crippen molar-refractivity contribution in [1.29, 1.82) is 0 Å². The molecule has 0 spiro atoms. The Morgan fingerprint density at radius 1 is 1.39 bits per heavy atom. The molecule has 1 amide bonds. The van der Waals surface area contributed by atoms with E-state index in [9.17, 15) is 13.2 Å². The topological polar surface area (TPSA) is 115 Å². The summed E-state index contributed by atoms with van der Waals surface area (Å²) in [6, 6.07) is 3.91. The number of rotatable bonds is 4. The Labute approximate surface area is 105 Å². The quantitative estimate of drug-likeness (QED) is 0.677. The second kappa shape index (κ2) is 3.96. The van der Waals surface area contributed by atoms with E-state index < -0.39 is 15.9 Å². The van der Waals surface area contributed by atoms with E-state index in [0.29, 0.717) is 0 Å². The number of anilines is 1. The van der Waals surface area contributed by atoms with Crippen molar-refractivity contribution < 1.29 is 13.2 Å². The third kappa shape index (κ3) is 2.46. The Bertz CT molecular complexity index is 606. The number of nitrogens with one attached hydrogen (secondary N) is 1. The zero-order chi connectivity index (χ0) is 13.6. The molecule has 1 aromatic carbocycles. The number of nitrogens with two attached hydrogens (primary N) is 2. The second-order valence-corrected chi connectivity index (χ2v) is 6.43. The Hall–Kier alpha value is -1.60. The lowest BCUT2D eigenvalue weighted by Crippen LogP contribution is -2.34. The van der Waals surface area contributed by atoms with Gasteiger partial charge in [-0.2, -0.15) is 0 Å². The minimum atomic E-state index is -3.66. The molecule has 0 heterocycles. The first-order chi connectivity index (χ1) is 8.23. The van der Waals surface area contributed by atoms with E-state index in [0.717, 1.165) is 12.8 Å². The zero-order valence-corrected chi connectivity index (χ0v) is 10.8. The van der Waals surface area contributed by atoms with Crippen LogP contribution in [0.2, 0.25) is 0 Å². The molecular formula is C11H15N3O3S. The van der Waals surface area contributed by atoms with Crippen LogP contribution in [-0.2, 0) is 10.0 Å². The summed E-state index contributed by atoms with van der Waals surface area (Å²) in [6.07, 6.45) is 1.62. The normalized spacial score (nSPS) is 17.4. The Kier molecular flexibility index (Phi) is 2.83. The molecule has 0 unspecified atom stereocenters. The number of sulfonamides is 1. The summed E-state index contributed by atoms with van der Waals surface area (Å²) in [5.41, 5.74) is 10.6. The van der Waals surface area contributed by atoms with Crippen molar-refractivity contribution in [3.8, 4) is 0 Å². The third-order valence-electron chi connectivity index (χ3n) is 2.96. The molecule has 98 valence electrons. The lowest BCUT2D eigenvalue weighted by atomic mass is 10.2. The van der Waals surface area contributed by atoms with E-state index >= 15 is 0 Å². The molecule has 7 heteroatoms. The first-order valence-corrected chi connectivity index (χ1v) is 6.95. The van der Waals surface area contributed by atoms with E-state index in [1.807, 2.05) is 6.92 Å². The van der Waals surface area contributed by atoms with Crippen LogP contribution in [0.5, 0.6) is 0 Å². The number of benzene rings is 1. The van der Waals surface area contributed by atoms with E-state index in [-0.39, 0.29) is 21.7 Å². The number of carbonyl (C=O) groups excluding carboxylic acids is 1. The average molecular weight is 269 g/mol. The average Bonchev–Trinajstić information content (AvgIpc) is 2.93. The predicted molar refractivity (Wildman–Crippen MR) is 67.3 cm³/mol. The van der Waals surface area contributed by atoms with Crippen LogP contribution >= 0.6 is 0 Å². The van der Waals surface area contributed by atoms with Crippen LogP contribution in [0.25, 0.3) is 0 Å². The van der Waals surface area contributed by atoms with Crippen LogP contribution in [0.3, 0.4) is 0 Å². The maximum absolute atomic E-state index is 12.1. The van der Waals surface area contributed by atoms with Gasteiger partial charge in [0.1, 0.15) is 4.90 Å². The van der Waals surface area contributed by atoms with Crippen molar-refractivity contribution in [3.05, 3.63) is 23.8 Å². The van der Waals surface area contributed by atoms with Gasteiger partial charge in [0.15, 0.2) is 0 Å². The van der Waals surface area contributed by atoms with Gasteiger partial charge < -0.3 is 11.5 Å². The van der Waals surface area contributed by atoms with Crippen LogP contribution in [-0.4, -0.2) is 19.9 Å². The van der Waals surface area contributed by atoms with Crippen LogP contribution in [0.15, 0.2) is 23.1 Å². The van der Waals surface area contributed by atoms with Gasteiger partial charge in [0.25, 0.3) is 0 Å². The van der Waals surface area contributed by atoms with Gasteiger partial charge in [-0.25, -0.2) is 13.1 Å². The molecule has 0 radical (unpaired) electrons. The van der Waals surface area contributed by atoms with Crippen LogP contribution in [0.1, 0.15) is 30.1 Å². The van der Waals surface area contributed by atoms with Gasteiger partial charge in [-0.3, -0.25) is 4.79 Å². The standard InChI is InChI=1S/C11H15N3O3S/c1-11(4-5-11)14-18(16,17)9-3-2-7(10(13)15)6-8(9)12/h2-3,6,14H,4-5,12H2,1H3,(H2,13,15). The van der Waals surface area contributed by atoms with Crippen molar-refractivity contribution in [1.82, 2.24) is 4.72 Å². The van der Waals surface area contributed by atoms with E-state index in [4.69, 9.17) is 11.5 Å². The molecule has 0 aliphatic heterocycles. The molecule has 0 saturated heterocycles. The molecule has 0 atom stereocenters. The molecule has 0 aromatic heterocycles. The highest BCUT2D eigenvalue weighted by Gasteiger charge is 2.41. The number of nitrogen functional groups attached to an aromatic ring is 1. The maximum atomic E-state index is 12.1. The largest absolute Gasteiger partial charge is 0.398 e. The first kappa shape index (κ1) is 12.8. The summed E-state index contributed by atoms with van der Waals surface area (Å²) < 4.78 is 26.8. The minimum absolute atomic E-state index is 0.0167. The summed E-state index contributed by atoms with van der Waals surface area (Å²) in [6.45, 7) is 1.83. The van der Waals surface area contributed by atoms with Crippen molar-refractivity contribution in [2.24, 2.45) is 5.73 Å². The Morgan fingerprint density at radius 3 is 2.44 bits per heavy atom. The number of primary amides is 1. The Balaban J connectivity index is 2.36. The van der Waals surface area contributed by atoms with Crippen molar-refractivity contribution in [2.75, 3.05) is 5.73 Å². The lowest BCUT2D eigenvalue weighted by molar-refractivity contribution is 0.1000. The van der Waals surface area contributed by atoms with Crippen molar-refractivity contribution in [3.63, 3.8) is 0 Å². The van der Waals surface area contributed by atoms with E-state index in [1.54, 1.807) is 0 Å². The molecule has 5 N–H and O–H groups in total. The molecule has 1 fully saturated rings. The highest BCUT2D eigenvalue weighted by atomic mass is 32.2. The van der Waals surface area contributed by atoms with Gasteiger partial charge in [0.05, 0.1) is 5.69 Å². The highest BCUT2D eigenvalue weighted by molar-refractivity contribution is 7.89. The number of carbonyl (C=O) groups is 1. The molecule has 6 nitrogen and oxygen atoms in total. The van der Waals surface area contributed by atoms with Crippen molar-refractivity contribution in [2.45, 2.75) is 30.2 Å². The second-order valence-electron chi connectivity index (χ2n) is 4.78. The summed E-state index contributed by atoms with van der Waals surface area (Å²) in [5, 5.41) is 0. The minimum Gasteiger partial charge on any atom is -0.398 e. The van der Waals surface area contributed by atoms with Crippen LogP contribution < -0.4 is 16.2 Å². The summed E-state index contributed by atoms with van der Waals surface area (Å²) in [7, 11) is -3.66. The van der Waals surface area contributed by atoms with Gasteiger partial charge in [-0.15, -0.1) is 0 Å². The lowest BCUT2D eigenvalue weighted by Gasteiger charge is -2.14. The summed E-state index contributed by atoms with van der Waals surface area (Å²) >= 11 is 0. The van der Waals surface area contributed by atoms with Gasteiger partial charge in [-0.05, 0) is 38.0 Å². The molecule has 18 heavy (non-hydrogen) atoms. The monoisotopic (exact) mass is 269 g/mol. The van der Waals surface area contributed by atoms with E-state index in [1.165, 1.54) is 18.2 Å². The molecule has 1 aromatic rings. The fraction of sp³-hybridized carbons (Fsp3) is 0.364. The number of hydrogen-bond acceptors (Lipinski definition) is 4. The number of hydrogen-bond donors (Lipinski definition) is 3. The molecule has 1 aliphatic rings. The van der Waals surface area contributed by atoms with Gasteiger partial charge in [-0.1, -0.05) is 0 Å². The predicted octanol–water partition coefficient (Wildman–Crippen LogP) is 0.198. The zero-order valence-electron chi connectivity index (χ0n) is 9.93. The molecule has 1 aliphatic carbocycles. The third-order valence-corrected chi connectivity index (χ3v) is 4.68. The van der Waals surface area contributed by atoms with Gasteiger partial charge in [0.2, 0.25) is 15.9 Å². The smallest absolute Gasteiger partial charge is 0.248 e. The molecule has 2 rings (SSSR count). The molecular weight excluding hydrogens is 254 g/mol. The summed E-state index contributed by atoms with van der Waals surface area (Å²) in [5.74, 6) is -0.646. The fourth-order valence-corrected chi connectivity index (χ4v) is 3.19.